The summed E-state index contributed by atoms with van der Waals surface area (Å²) < 4.78 is 12.6. The Kier molecular flexibility index (Phi) is 6.29. The van der Waals surface area contributed by atoms with Crippen molar-refractivity contribution in [2.24, 2.45) is 0 Å². The van der Waals surface area contributed by atoms with Gasteiger partial charge in [0, 0.05) is 17.5 Å². The Balaban J connectivity index is 2.28. The maximum absolute atomic E-state index is 6.66. The summed E-state index contributed by atoms with van der Waals surface area (Å²) in [5.74, 6) is 1.81. The third kappa shape index (κ3) is 4.75. The van der Waals surface area contributed by atoms with Gasteiger partial charge in [0.25, 0.3) is 0 Å². The molecular weight excluding hydrogens is 399 g/mol. The molecule has 0 saturated carbocycles. The zero-order valence-electron chi connectivity index (χ0n) is 19.1. The molecule has 4 heteroatoms. The summed E-state index contributed by atoms with van der Waals surface area (Å²) >= 11 is 6.66. The second-order valence-electron chi connectivity index (χ2n) is 10.0. The van der Waals surface area contributed by atoms with E-state index in [-0.39, 0.29) is 10.8 Å². The summed E-state index contributed by atoms with van der Waals surface area (Å²) in [5.41, 5.74) is 7.42. The van der Waals surface area contributed by atoms with Crippen molar-refractivity contribution in [3.63, 3.8) is 0 Å². The summed E-state index contributed by atoms with van der Waals surface area (Å²) in [5, 5.41) is 0. The zero-order chi connectivity index (χ0) is 21.6. The summed E-state index contributed by atoms with van der Waals surface area (Å²) in [6.45, 7) is 17.8. The number of halogens is 1. The number of rotatable bonds is 2. The van der Waals surface area contributed by atoms with Gasteiger partial charge < -0.3 is 9.05 Å². The Morgan fingerprint density at radius 1 is 0.759 bits per heavy atom. The molecule has 0 atom stereocenters. The fourth-order valence-electron chi connectivity index (χ4n) is 3.88. The van der Waals surface area contributed by atoms with Crippen LogP contribution in [0.15, 0.2) is 24.3 Å². The first-order valence-corrected chi connectivity index (χ1v) is 12.7. The van der Waals surface area contributed by atoms with Gasteiger partial charge in [-0.3, -0.25) is 0 Å². The fraction of sp³-hybridized carbons (Fsp3) is 0.520. The lowest BCUT2D eigenvalue weighted by molar-refractivity contribution is 0.461. The summed E-state index contributed by atoms with van der Waals surface area (Å²) in [7, 11) is -1.59. The van der Waals surface area contributed by atoms with Gasteiger partial charge in [-0.2, -0.15) is 0 Å². The average Bonchev–Trinajstić information content (AvgIpc) is 2.60. The Hall–Kier alpha value is -1.24. The number of aryl methyl sites for hydroxylation is 2. The van der Waals surface area contributed by atoms with Crippen molar-refractivity contribution >= 4 is 19.0 Å². The molecule has 0 unspecified atom stereocenters. The van der Waals surface area contributed by atoms with Crippen LogP contribution >= 0.6 is 19.0 Å². The maximum Gasteiger partial charge on any atom is 0.401 e. The molecule has 0 N–H and O–H groups in total. The molecule has 0 aromatic heterocycles. The monoisotopic (exact) mass is 432 g/mol. The molecule has 0 amide bonds. The van der Waals surface area contributed by atoms with Crippen molar-refractivity contribution in [3.05, 3.63) is 57.6 Å². The van der Waals surface area contributed by atoms with Crippen LogP contribution in [0.4, 0.5) is 0 Å². The summed E-state index contributed by atoms with van der Waals surface area (Å²) in [4.78, 5) is 0. The van der Waals surface area contributed by atoms with E-state index in [1.165, 1.54) is 33.4 Å². The standard InChI is InChI=1S/C25H34ClO2P/c1-9-16-11-18-15-19-12-17(10-2)14-21(25(6,7)8)23(19)28-29(26)27-22(18)20(13-16)24(3,4)5/h11-14H,9-10,15H2,1-8H3. The van der Waals surface area contributed by atoms with Gasteiger partial charge >= 0.3 is 7.73 Å². The zero-order valence-corrected chi connectivity index (χ0v) is 20.7. The number of hydrogen-bond acceptors (Lipinski definition) is 2. The molecule has 0 bridgehead atoms. The minimum Gasteiger partial charge on any atom is -0.427 e. The summed E-state index contributed by atoms with van der Waals surface area (Å²) in [6, 6.07) is 9.11. The molecule has 158 valence electrons. The Morgan fingerprint density at radius 3 is 1.45 bits per heavy atom. The predicted octanol–water partition coefficient (Wildman–Crippen LogP) is 8.23. The second kappa shape index (κ2) is 8.12. The van der Waals surface area contributed by atoms with Crippen molar-refractivity contribution in [3.8, 4) is 11.5 Å². The van der Waals surface area contributed by atoms with Crippen LogP contribution < -0.4 is 9.05 Å². The molecule has 1 heterocycles. The molecule has 3 rings (SSSR count). The van der Waals surface area contributed by atoms with Crippen LogP contribution in [0.1, 0.15) is 88.8 Å². The second-order valence-corrected chi connectivity index (χ2v) is 11.7. The molecule has 2 aromatic carbocycles. The molecular formula is C25H34ClO2P. The highest BCUT2D eigenvalue weighted by Gasteiger charge is 2.31. The first-order chi connectivity index (χ1) is 13.4. The number of fused-ring (bicyclic) bond motifs is 2. The number of benzene rings is 2. The first kappa shape index (κ1) is 22.4. The highest BCUT2D eigenvalue weighted by molar-refractivity contribution is 7.76. The smallest absolute Gasteiger partial charge is 0.401 e. The van der Waals surface area contributed by atoms with Gasteiger partial charge in [-0.1, -0.05) is 79.7 Å². The average molecular weight is 433 g/mol. The van der Waals surface area contributed by atoms with Crippen LogP contribution in [0.5, 0.6) is 11.5 Å². The molecule has 0 radical (unpaired) electrons. The Bertz CT molecular complexity index is 833. The van der Waals surface area contributed by atoms with E-state index in [2.05, 4.69) is 79.7 Å². The normalized spacial score (nSPS) is 14.9. The lowest BCUT2D eigenvalue weighted by Gasteiger charge is -2.31. The van der Waals surface area contributed by atoms with Crippen molar-refractivity contribution in [1.82, 2.24) is 0 Å². The van der Waals surface area contributed by atoms with E-state index in [0.717, 1.165) is 30.8 Å². The van der Waals surface area contributed by atoms with Crippen LogP contribution in [0.2, 0.25) is 0 Å². The molecule has 1 aliphatic rings. The first-order valence-electron chi connectivity index (χ1n) is 10.6. The molecule has 0 fully saturated rings. The van der Waals surface area contributed by atoms with E-state index in [1.54, 1.807) is 0 Å². The van der Waals surface area contributed by atoms with E-state index in [4.69, 9.17) is 20.3 Å². The quantitative estimate of drug-likeness (QED) is 0.445. The van der Waals surface area contributed by atoms with Crippen molar-refractivity contribution in [2.45, 2.75) is 85.5 Å². The highest BCUT2D eigenvalue weighted by atomic mass is 35.7. The van der Waals surface area contributed by atoms with Gasteiger partial charge in [0.1, 0.15) is 11.5 Å². The SMILES string of the molecule is CCc1cc2c(c(C(C)(C)C)c1)OP(Cl)Oc1c(cc(CC)cc1C(C)(C)C)C2. The van der Waals surface area contributed by atoms with Gasteiger partial charge in [-0.15, -0.1) is 0 Å². The van der Waals surface area contributed by atoms with Gasteiger partial charge in [0.05, 0.1) is 0 Å². The molecule has 29 heavy (non-hydrogen) atoms. The third-order valence-corrected chi connectivity index (χ3v) is 6.66. The number of hydrogen-bond donors (Lipinski definition) is 0. The van der Waals surface area contributed by atoms with E-state index >= 15 is 0 Å². The molecule has 0 saturated heterocycles. The maximum atomic E-state index is 6.66. The van der Waals surface area contributed by atoms with E-state index < -0.39 is 7.73 Å². The minimum absolute atomic E-state index is 0.0355. The fourth-order valence-corrected chi connectivity index (χ4v) is 5.05. The molecule has 1 aliphatic heterocycles. The van der Waals surface area contributed by atoms with Crippen LogP contribution in [-0.2, 0) is 30.1 Å². The predicted molar refractivity (Wildman–Crippen MR) is 126 cm³/mol. The van der Waals surface area contributed by atoms with E-state index in [1.807, 2.05) is 0 Å². The third-order valence-electron chi connectivity index (χ3n) is 5.59. The minimum atomic E-state index is -1.59. The van der Waals surface area contributed by atoms with Crippen molar-refractivity contribution in [1.29, 1.82) is 0 Å². The lowest BCUT2D eigenvalue weighted by Crippen LogP contribution is -2.18. The van der Waals surface area contributed by atoms with Gasteiger partial charge in [0.2, 0.25) is 0 Å². The van der Waals surface area contributed by atoms with Crippen molar-refractivity contribution < 1.29 is 9.05 Å². The molecule has 2 nitrogen and oxygen atoms in total. The van der Waals surface area contributed by atoms with Crippen LogP contribution in [0, 0.1) is 0 Å². The molecule has 2 aromatic rings. The van der Waals surface area contributed by atoms with Gasteiger partial charge in [0.15, 0.2) is 0 Å². The highest BCUT2D eigenvalue weighted by Crippen LogP contribution is 2.53. The lowest BCUT2D eigenvalue weighted by atomic mass is 9.81. The largest absolute Gasteiger partial charge is 0.427 e. The Labute approximate surface area is 182 Å². The molecule has 0 spiro atoms. The Morgan fingerprint density at radius 2 is 1.14 bits per heavy atom. The van der Waals surface area contributed by atoms with E-state index in [9.17, 15) is 0 Å². The van der Waals surface area contributed by atoms with Crippen molar-refractivity contribution in [2.75, 3.05) is 0 Å². The van der Waals surface area contributed by atoms with Gasteiger partial charge in [-0.25, -0.2) is 0 Å². The summed E-state index contributed by atoms with van der Waals surface area (Å²) in [6.07, 6.45) is 2.79. The van der Waals surface area contributed by atoms with Crippen LogP contribution in [0.3, 0.4) is 0 Å². The van der Waals surface area contributed by atoms with E-state index in [0.29, 0.717) is 0 Å². The molecule has 0 aliphatic carbocycles. The van der Waals surface area contributed by atoms with Crippen LogP contribution in [0.25, 0.3) is 0 Å². The van der Waals surface area contributed by atoms with Gasteiger partial charge in [-0.05, 0) is 57.2 Å². The van der Waals surface area contributed by atoms with Crippen LogP contribution in [-0.4, -0.2) is 0 Å². The topological polar surface area (TPSA) is 18.5 Å².